The van der Waals surface area contributed by atoms with Gasteiger partial charge in [-0.1, -0.05) is 48.5 Å². The molecule has 0 radical (unpaired) electrons. The molecule has 0 bridgehead atoms. The summed E-state index contributed by atoms with van der Waals surface area (Å²) in [5.41, 5.74) is 1.07. The minimum atomic E-state index is -1.23. The van der Waals surface area contributed by atoms with E-state index in [1.807, 2.05) is 0 Å². The Balaban J connectivity index is -0.000000161. The number of aldehydes is 2. The zero-order valence-corrected chi connectivity index (χ0v) is 16.6. The normalized spacial score (nSPS) is 7.69. The maximum Gasteiger partial charge on any atom is 2.00 e. The maximum atomic E-state index is 10.2. The minimum Gasteiger partial charge on any atom is -0.545 e. The van der Waals surface area contributed by atoms with E-state index in [0.717, 1.165) is 0 Å². The molecule has 0 amide bonds. The molecule has 0 aliphatic carbocycles. The number of hydrogen-bond acceptors (Lipinski definition) is 6. The summed E-state index contributed by atoms with van der Waals surface area (Å²) in [6, 6.07) is 11.0. The van der Waals surface area contributed by atoms with Crippen molar-refractivity contribution in [2.45, 2.75) is 0 Å². The standard InChI is InChI=1S/2C8H6O3.3H2O.Zn/c2*9-5-6-1-3-7(4-2-6)8(10)11;;;;/h2*1-5H,(H,10,11);3*1H2;/q;;;;;+2. The van der Waals surface area contributed by atoms with Gasteiger partial charge in [-0.25, -0.2) is 0 Å². The Kier molecular flexibility index (Phi) is 18.8. The molecule has 9 nitrogen and oxygen atoms in total. The Morgan fingerprint density at radius 1 is 0.654 bits per heavy atom. The largest absolute Gasteiger partial charge is 2.00 e. The van der Waals surface area contributed by atoms with Crippen molar-refractivity contribution in [2.24, 2.45) is 0 Å². The fourth-order valence-corrected chi connectivity index (χ4v) is 1.40. The summed E-state index contributed by atoms with van der Waals surface area (Å²) in [4.78, 5) is 40.7. The molecule has 0 saturated heterocycles. The molecule has 0 unspecified atom stereocenters. The zero-order chi connectivity index (χ0) is 16.5. The average Bonchev–Trinajstić information content (AvgIpc) is 2.55. The van der Waals surface area contributed by atoms with E-state index in [4.69, 9.17) is 0 Å². The molecular weight excluding hydrogens is 402 g/mol. The summed E-state index contributed by atoms with van der Waals surface area (Å²) < 4.78 is 0. The first-order valence-electron chi connectivity index (χ1n) is 6.01. The molecular formula is C16H18O9Zn+2. The number of carbonyl (C=O) groups is 4. The van der Waals surface area contributed by atoms with Crippen molar-refractivity contribution in [1.29, 1.82) is 0 Å². The first-order valence-corrected chi connectivity index (χ1v) is 6.01. The van der Waals surface area contributed by atoms with Gasteiger partial charge in [0.15, 0.2) is 0 Å². The molecule has 2 aromatic rings. The second-order valence-electron chi connectivity index (χ2n) is 4.05. The summed E-state index contributed by atoms with van der Waals surface area (Å²) in [5.74, 6) is -2.47. The monoisotopic (exact) mass is 418 g/mol. The van der Waals surface area contributed by atoms with Crippen LogP contribution in [0.2, 0.25) is 0 Å². The van der Waals surface area contributed by atoms with Crippen molar-refractivity contribution >= 4 is 24.5 Å². The number of carbonyl (C=O) groups excluding carboxylic acids is 4. The summed E-state index contributed by atoms with van der Waals surface area (Å²) in [5, 5.41) is 20.4. The smallest absolute Gasteiger partial charge is 0.545 e. The Hall–Kier alpha value is -2.78. The van der Waals surface area contributed by atoms with E-state index < -0.39 is 11.9 Å². The number of rotatable bonds is 4. The fourth-order valence-electron chi connectivity index (χ4n) is 1.40. The number of carboxylic acid groups (broad SMARTS) is 2. The Bertz CT molecular complexity index is 620. The van der Waals surface area contributed by atoms with Gasteiger partial charge in [-0.3, -0.25) is 9.59 Å². The third kappa shape index (κ3) is 10.2. The Morgan fingerprint density at radius 2 is 0.885 bits per heavy atom. The van der Waals surface area contributed by atoms with Gasteiger partial charge in [-0.2, -0.15) is 0 Å². The summed E-state index contributed by atoms with van der Waals surface area (Å²) in [6.07, 6.45) is 1.30. The third-order valence-corrected chi connectivity index (χ3v) is 2.56. The van der Waals surface area contributed by atoms with Crippen molar-refractivity contribution in [2.75, 3.05) is 0 Å². The molecule has 8 N–H and O–H groups in total. The molecule has 0 aliphatic heterocycles. The number of hydrogen-bond donors (Lipinski definition) is 0. The summed E-state index contributed by atoms with van der Waals surface area (Å²) in [7, 11) is 0. The summed E-state index contributed by atoms with van der Waals surface area (Å²) >= 11 is 0. The van der Waals surface area contributed by atoms with E-state index in [-0.39, 0.29) is 47.0 Å². The van der Waals surface area contributed by atoms with Crippen molar-refractivity contribution in [3.63, 3.8) is 0 Å². The van der Waals surface area contributed by atoms with E-state index in [2.05, 4.69) is 0 Å². The third-order valence-electron chi connectivity index (χ3n) is 2.56. The molecule has 0 aromatic heterocycles. The van der Waals surface area contributed by atoms with Gasteiger partial charge in [0.1, 0.15) is 12.6 Å². The Morgan fingerprint density at radius 3 is 1.04 bits per heavy atom. The van der Waals surface area contributed by atoms with Crippen LogP contribution >= 0.6 is 0 Å². The first-order chi connectivity index (χ1) is 10.5. The van der Waals surface area contributed by atoms with Crippen LogP contribution in [-0.2, 0) is 30.4 Å². The molecule has 2 aromatic carbocycles. The number of aromatic carboxylic acids is 2. The zero-order valence-electron chi connectivity index (χ0n) is 13.6. The van der Waals surface area contributed by atoms with Crippen LogP contribution in [0.4, 0.5) is 0 Å². The predicted octanol–water partition coefficient (Wildman–Crippen LogP) is -2.95. The molecule has 0 aliphatic rings. The average molecular weight is 420 g/mol. The van der Waals surface area contributed by atoms with Gasteiger partial charge in [0.05, 0.1) is 11.9 Å². The number of carboxylic acids is 2. The quantitative estimate of drug-likeness (QED) is 0.287. The predicted molar refractivity (Wildman–Crippen MR) is 85.7 cm³/mol. The van der Waals surface area contributed by atoms with Crippen LogP contribution in [0.1, 0.15) is 41.4 Å². The molecule has 0 spiro atoms. The van der Waals surface area contributed by atoms with Crippen LogP contribution in [0.25, 0.3) is 0 Å². The van der Waals surface area contributed by atoms with Gasteiger partial charge in [0.2, 0.25) is 0 Å². The van der Waals surface area contributed by atoms with E-state index in [0.29, 0.717) is 23.7 Å². The van der Waals surface area contributed by atoms with E-state index in [1.165, 1.54) is 48.5 Å². The van der Waals surface area contributed by atoms with Crippen LogP contribution in [0, 0.1) is 0 Å². The van der Waals surface area contributed by atoms with Crippen molar-refractivity contribution < 1.29 is 65.3 Å². The minimum absolute atomic E-state index is 0. The van der Waals surface area contributed by atoms with Crippen molar-refractivity contribution in [1.82, 2.24) is 0 Å². The topological polar surface area (TPSA) is 212 Å². The van der Waals surface area contributed by atoms with Gasteiger partial charge in [-0.15, -0.1) is 0 Å². The fraction of sp³-hybridized carbons (Fsp3) is 0. The second-order valence-corrected chi connectivity index (χ2v) is 4.05. The van der Waals surface area contributed by atoms with E-state index in [1.54, 1.807) is 0 Å². The second kappa shape index (κ2) is 15.7. The van der Waals surface area contributed by atoms with E-state index in [9.17, 15) is 29.4 Å². The van der Waals surface area contributed by atoms with Gasteiger partial charge in [-0.05, 0) is 11.1 Å². The molecule has 136 valence electrons. The van der Waals surface area contributed by atoms with Crippen LogP contribution in [-0.4, -0.2) is 30.0 Å². The molecule has 0 saturated carbocycles. The van der Waals surface area contributed by atoms with Gasteiger partial charge in [0, 0.05) is 11.1 Å². The Labute approximate surface area is 161 Å². The molecule has 0 heterocycles. The molecule has 26 heavy (non-hydrogen) atoms. The summed E-state index contributed by atoms with van der Waals surface area (Å²) in [6.45, 7) is 0. The number of benzene rings is 2. The van der Waals surface area contributed by atoms with Gasteiger partial charge < -0.3 is 36.2 Å². The van der Waals surface area contributed by atoms with Crippen LogP contribution in [0.15, 0.2) is 48.5 Å². The van der Waals surface area contributed by atoms with Crippen LogP contribution < -0.4 is 10.2 Å². The maximum absolute atomic E-state index is 10.2. The van der Waals surface area contributed by atoms with Crippen molar-refractivity contribution in [3.8, 4) is 0 Å². The molecule has 0 fully saturated rings. The van der Waals surface area contributed by atoms with Gasteiger partial charge in [0.25, 0.3) is 0 Å². The SMILES string of the molecule is O.O=Cc1ccc(C(=O)[O-])cc1.O=Cc1ccc(C(=O)[O-])cc1.[OH3+].[OH3+].[Zn+2]. The van der Waals surface area contributed by atoms with E-state index >= 15 is 0 Å². The van der Waals surface area contributed by atoms with Crippen molar-refractivity contribution in [3.05, 3.63) is 70.8 Å². The molecule has 2 rings (SSSR count). The van der Waals surface area contributed by atoms with Crippen LogP contribution in [0.5, 0.6) is 0 Å². The van der Waals surface area contributed by atoms with Crippen LogP contribution in [0.3, 0.4) is 0 Å². The van der Waals surface area contributed by atoms with Gasteiger partial charge >= 0.3 is 19.5 Å². The molecule has 10 heteroatoms. The first kappa shape index (κ1) is 31.0. The molecule has 0 atom stereocenters.